The standard InChI is InChI=1S/C18H17ClN2O3S/c1-10(11-3-6-16-15(7-11)21-17(22)9-24-16)20-18(23)13-8-12(25-2)4-5-14(13)19/h3-8,10H,9H2,1-2H3,(H,20,23)(H,21,22). The Labute approximate surface area is 155 Å². The van der Waals surface area contributed by atoms with Crippen LogP contribution in [0.1, 0.15) is 28.9 Å². The van der Waals surface area contributed by atoms with Crippen molar-refractivity contribution >= 4 is 40.9 Å². The van der Waals surface area contributed by atoms with Crippen molar-refractivity contribution in [3.63, 3.8) is 0 Å². The summed E-state index contributed by atoms with van der Waals surface area (Å²) in [4.78, 5) is 25.0. The van der Waals surface area contributed by atoms with Crippen LogP contribution in [-0.4, -0.2) is 24.7 Å². The number of nitrogens with one attached hydrogen (secondary N) is 2. The van der Waals surface area contributed by atoms with Gasteiger partial charge in [0.25, 0.3) is 11.8 Å². The van der Waals surface area contributed by atoms with Crippen molar-refractivity contribution in [3.05, 3.63) is 52.5 Å². The minimum absolute atomic E-state index is 0.0168. The van der Waals surface area contributed by atoms with E-state index in [4.69, 9.17) is 16.3 Å². The van der Waals surface area contributed by atoms with Crippen LogP contribution in [0.2, 0.25) is 5.02 Å². The van der Waals surface area contributed by atoms with Gasteiger partial charge in [0.15, 0.2) is 6.61 Å². The number of anilines is 1. The molecule has 0 aliphatic carbocycles. The Balaban J connectivity index is 1.78. The zero-order valence-electron chi connectivity index (χ0n) is 13.8. The van der Waals surface area contributed by atoms with Gasteiger partial charge in [-0.25, -0.2) is 0 Å². The van der Waals surface area contributed by atoms with E-state index < -0.39 is 0 Å². The monoisotopic (exact) mass is 376 g/mol. The summed E-state index contributed by atoms with van der Waals surface area (Å²) in [5, 5.41) is 6.11. The number of fused-ring (bicyclic) bond motifs is 1. The molecule has 5 nitrogen and oxygen atoms in total. The highest BCUT2D eigenvalue weighted by Gasteiger charge is 2.19. The van der Waals surface area contributed by atoms with Crippen molar-refractivity contribution < 1.29 is 14.3 Å². The highest BCUT2D eigenvalue weighted by Crippen LogP contribution is 2.31. The number of ether oxygens (including phenoxy) is 1. The number of hydrogen-bond acceptors (Lipinski definition) is 4. The van der Waals surface area contributed by atoms with E-state index in [-0.39, 0.29) is 24.5 Å². The van der Waals surface area contributed by atoms with Crippen LogP contribution >= 0.6 is 23.4 Å². The number of hydrogen-bond donors (Lipinski definition) is 2. The Morgan fingerprint density at radius 3 is 2.88 bits per heavy atom. The molecule has 0 fully saturated rings. The van der Waals surface area contributed by atoms with E-state index in [1.807, 2.05) is 25.3 Å². The lowest BCUT2D eigenvalue weighted by atomic mass is 10.1. The molecular formula is C18H17ClN2O3S. The minimum atomic E-state index is -0.259. The van der Waals surface area contributed by atoms with Gasteiger partial charge in [0, 0.05) is 4.90 Å². The second-order valence-electron chi connectivity index (χ2n) is 5.63. The number of carbonyl (C=O) groups excluding carboxylic acids is 2. The number of benzene rings is 2. The third-order valence-corrected chi connectivity index (χ3v) is 4.96. The number of rotatable bonds is 4. The fraction of sp³-hybridized carbons (Fsp3) is 0.222. The van der Waals surface area contributed by atoms with Gasteiger partial charge in [-0.05, 0) is 49.1 Å². The summed E-state index contributed by atoms with van der Waals surface area (Å²) in [5.41, 5.74) is 1.90. The van der Waals surface area contributed by atoms with Crippen LogP contribution in [0.4, 0.5) is 5.69 Å². The molecule has 0 bridgehead atoms. The molecule has 3 rings (SSSR count). The van der Waals surface area contributed by atoms with Crippen LogP contribution in [0.3, 0.4) is 0 Å². The molecule has 1 unspecified atom stereocenters. The second kappa shape index (κ2) is 7.37. The predicted molar refractivity (Wildman–Crippen MR) is 99.7 cm³/mol. The smallest absolute Gasteiger partial charge is 0.262 e. The largest absolute Gasteiger partial charge is 0.482 e. The average molecular weight is 377 g/mol. The van der Waals surface area contributed by atoms with Crippen LogP contribution in [0, 0.1) is 0 Å². The number of halogens is 1. The van der Waals surface area contributed by atoms with Crippen LogP contribution in [0.25, 0.3) is 0 Å². The maximum atomic E-state index is 12.6. The molecule has 0 spiro atoms. The predicted octanol–water partition coefficient (Wildman–Crippen LogP) is 3.88. The lowest BCUT2D eigenvalue weighted by molar-refractivity contribution is -0.118. The van der Waals surface area contributed by atoms with Gasteiger partial charge in [-0.15, -0.1) is 11.8 Å². The van der Waals surface area contributed by atoms with E-state index in [1.54, 1.807) is 36.0 Å². The Morgan fingerprint density at radius 1 is 1.32 bits per heavy atom. The molecule has 0 radical (unpaired) electrons. The first kappa shape index (κ1) is 17.6. The van der Waals surface area contributed by atoms with E-state index in [0.29, 0.717) is 22.0 Å². The normalized spacial score (nSPS) is 14.1. The molecule has 2 aromatic rings. The number of thioether (sulfide) groups is 1. The molecule has 2 aromatic carbocycles. The molecule has 7 heteroatoms. The molecule has 25 heavy (non-hydrogen) atoms. The van der Waals surface area contributed by atoms with E-state index in [9.17, 15) is 9.59 Å². The van der Waals surface area contributed by atoms with Gasteiger partial charge < -0.3 is 15.4 Å². The van der Waals surface area contributed by atoms with Gasteiger partial charge in [-0.1, -0.05) is 17.7 Å². The zero-order chi connectivity index (χ0) is 18.0. The lowest BCUT2D eigenvalue weighted by Gasteiger charge is -2.21. The van der Waals surface area contributed by atoms with E-state index >= 15 is 0 Å². The van der Waals surface area contributed by atoms with Crippen molar-refractivity contribution in [2.45, 2.75) is 17.9 Å². The maximum absolute atomic E-state index is 12.6. The Bertz CT molecular complexity index is 841. The summed E-state index contributed by atoms with van der Waals surface area (Å²) in [5.74, 6) is 0.186. The quantitative estimate of drug-likeness (QED) is 0.794. The number of carbonyl (C=O) groups is 2. The Morgan fingerprint density at radius 2 is 2.12 bits per heavy atom. The molecule has 0 aromatic heterocycles. The van der Waals surface area contributed by atoms with Crippen LogP contribution in [-0.2, 0) is 4.79 Å². The number of amides is 2. The molecule has 0 saturated heterocycles. The second-order valence-corrected chi connectivity index (χ2v) is 6.92. The molecular weight excluding hydrogens is 360 g/mol. The summed E-state index contributed by atoms with van der Waals surface area (Å²) in [7, 11) is 0. The fourth-order valence-corrected chi connectivity index (χ4v) is 3.18. The van der Waals surface area contributed by atoms with Crippen molar-refractivity contribution in [3.8, 4) is 5.75 Å². The van der Waals surface area contributed by atoms with E-state index in [1.165, 1.54) is 0 Å². The van der Waals surface area contributed by atoms with Crippen molar-refractivity contribution in [2.24, 2.45) is 0 Å². The third kappa shape index (κ3) is 3.91. The minimum Gasteiger partial charge on any atom is -0.482 e. The van der Waals surface area contributed by atoms with Crippen LogP contribution in [0.15, 0.2) is 41.3 Å². The topological polar surface area (TPSA) is 67.4 Å². The van der Waals surface area contributed by atoms with Crippen LogP contribution in [0.5, 0.6) is 5.75 Å². The van der Waals surface area contributed by atoms with Crippen molar-refractivity contribution in [1.29, 1.82) is 0 Å². The highest BCUT2D eigenvalue weighted by molar-refractivity contribution is 7.98. The molecule has 1 atom stereocenters. The van der Waals surface area contributed by atoms with Crippen molar-refractivity contribution in [1.82, 2.24) is 5.32 Å². The molecule has 1 aliphatic rings. The molecule has 2 amide bonds. The van der Waals surface area contributed by atoms with E-state index in [0.717, 1.165) is 10.5 Å². The molecule has 130 valence electrons. The van der Waals surface area contributed by atoms with Gasteiger partial charge in [0.2, 0.25) is 0 Å². The summed E-state index contributed by atoms with van der Waals surface area (Å²) < 4.78 is 5.34. The van der Waals surface area contributed by atoms with E-state index in [2.05, 4.69) is 10.6 Å². The Hall–Kier alpha value is -2.18. The zero-order valence-corrected chi connectivity index (χ0v) is 15.3. The third-order valence-electron chi connectivity index (χ3n) is 3.90. The summed E-state index contributed by atoms with van der Waals surface area (Å²) in [6, 6.07) is 10.6. The fourth-order valence-electron chi connectivity index (χ4n) is 2.53. The first-order valence-electron chi connectivity index (χ1n) is 7.69. The first-order chi connectivity index (χ1) is 12.0. The molecule has 2 N–H and O–H groups in total. The summed E-state index contributed by atoms with van der Waals surface area (Å²) >= 11 is 7.70. The molecule has 1 aliphatic heterocycles. The van der Waals surface area contributed by atoms with Crippen LogP contribution < -0.4 is 15.4 Å². The summed E-state index contributed by atoms with van der Waals surface area (Å²) in [6.07, 6.45) is 1.94. The van der Waals surface area contributed by atoms with Gasteiger partial charge in [0.05, 0.1) is 22.3 Å². The highest BCUT2D eigenvalue weighted by atomic mass is 35.5. The summed E-state index contributed by atoms with van der Waals surface area (Å²) in [6.45, 7) is 1.89. The molecule has 1 heterocycles. The average Bonchev–Trinajstić information content (AvgIpc) is 2.61. The Kier molecular flexibility index (Phi) is 5.20. The van der Waals surface area contributed by atoms with Crippen molar-refractivity contribution in [2.75, 3.05) is 18.2 Å². The van der Waals surface area contributed by atoms with Gasteiger partial charge in [-0.3, -0.25) is 9.59 Å². The SMILES string of the molecule is CSc1ccc(Cl)c(C(=O)NC(C)c2ccc3c(c2)NC(=O)CO3)c1. The van der Waals surface area contributed by atoms with Gasteiger partial charge >= 0.3 is 0 Å². The first-order valence-corrected chi connectivity index (χ1v) is 9.29. The maximum Gasteiger partial charge on any atom is 0.262 e. The lowest BCUT2D eigenvalue weighted by Crippen LogP contribution is -2.28. The van der Waals surface area contributed by atoms with Gasteiger partial charge in [-0.2, -0.15) is 0 Å². The van der Waals surface area contributed by atoms with Gasteiger partial charge in [0.1, 0.15) is 5.75 Å². The molecule has 0 saturated carbocycles.